The van der Waals surface area contributed by atoms with Gasteiger partial charge in [-0.1, -0.05) is 41.4 Å². The van der Waals surface area contributed by atoms with E-state index in [2.05, 4.69) is 15.5 Å². The van der Waals surface area contributed by atoms with E-state index < -0.39 is 0 Å². The zero-order valence-corrected chi connectivity index (χ0v) is 15.5. The van der Waals surface area contributed by atoms with Crippen LogP contribution in [0.4, 0.5) is 0 Å². The van der Waals surface area contributed by atoms with Gasteiger partial charge in [0.05, 0.1) is 23.9 Å². The van der Waals surface area contributed by atoms with Crippen molar-refractivity contribution < 1.29 is 9.64 Å². The largest absolute Gasteiger partial charge is 0.370 e. The van der Waals surface area contributed by atoms with Gasteiger partial charge in [-0.2, -0.15) is 4.68 Å². The number of halogens is 2. The summed E-state index contributed by atoms with van der Waals surface area (Å²) in [6, 6.07) is 15.2. The fourth-order valence-electron chi connectivity index (χ4n) is 3.31. The Kier molecular flexibility index (Phi) is 5.17. The van der Waals surface area contributed by atoms with Crippen LogP contribution in [0.1, 0.15) is 17.4 Å². The first-order chi connectivity index (χ1) is 12.7. The zero-order chi connectivity index (χ0) is 17.9. The third-order valence-corrected chi connectivity index (χ3v) is 5.18. The Morgan fingerprint density at radius 3 is 2.46 bits per heavy atom. The monoisotopic (exact) mass is 390 g/mol. The average Bonchev–Trinajstić information content (AvgIpc) is 3.14. The first-order valence-electron chi connectivity index (χ1n) is 8.45. The lowest BCUT2D eigenvalue weighted by atomic mass is 10.0. The van der Waals surface area contributed by atoms with Crippen LogP contribution in [-0.4, -0.2) is 46.5 Å². The van der Waals surface area contributed by atoms with Crippen molar-refractivity contribution in [3.63, 3.8) is 0 Å². The van der Waals surface area contributed by atoms with Gasteiger partial charge in [0.25, 0.3) is 0 Å². The quantitative estimate of drug-likeness (QED) is 0.739. The molecule has 0 spiro atoms. The smallest absolute Gasteiger partial charge is 0.219 e. The molecule has 0 saturated carbocycles. The molecule has 134 valence electrons. The van der Waals surface area contributed by atoms with E-state index in [1.54, 1.807) is 4.68 Å². The third-order valence-electron chi connectivity index (χ3n) is 4.58. The summed E-state index contributed by atoms with van der Waals surface area (Å²) >= 11 is 12.6. The van der Waals surface area contributed by atoms with Gasteiger partial charge in [0.2, 0.25) is 5.82 Å². The van der Waals surface area contributed by atoms with E-state index >= 15 is 0 Å². The second-order valence-corrected chi connectivity index (χ2v) is 6.99. The van der Waals surface area contributed by atoms with Crippen LogP contribution in [0.5, 0.6) is 0 Å². The van der Waals surface area contributed by atoms with Crippen LogP contribution >= 0.6 is 23.2 Å². The van der Waals surface area contributed by atoms with E-state index in [9.17, 15) is 0 Å². The molecule has 26 heavy (non-hydrogen) atoms. The number of rotatable bonds is 4. The molecule has 1 atom stereocenters. The second-order valence-electron chi connectivity index (χ2n) is 6.15. The molecule has 1 saturated heterocycles. The van der Waals surface area contributed by atoms with Gasteiger partial charge in [-0.15, -0.1) is 5.10 Å². The normalized spacial score (nSPS) is 16.5. The first kappa shape index (κ1) is 17.4. The highest BCUT2D eigenvalue weighted by molar-refractivity contribution is 6.31. The van der Waals surface area contributed by atoms with Crippen molar-refractivity contribution in [2.24, 2.45) is 0 Å². The lowest BCUT2D eigenvalue weighted by Gasteiger charge is -2.31. The number of quaternary nitrogens is 1. The summed E-state index contributed by atoms with van der Waals surface area (Å²) < 4.78 is 7.29. The molecule has 0 radical (unpaired) electrons. The Labute approximate surface area is 161 Å². The molecule has 0 bridgehead atoms. The van der Waals surface area contributed by atoms with Gasteiger partial charge in [0, 0.05) is 10.6 Å². The summed E-state index contributed by atoms with van der Waals surface area (Å²) in [6.45, 7) is 3.14. The molecular weight excluding hydrogens is 373 g/mol. The molecule has 8 heteroatoms. The lowest BCUT2D eigenvalue weighted by molar-refractivity contribution is -0.933. The number of hydrogen-bond acceptors (Lipinski definition) is 4. The summed E-state index contributed by atoms with van der Waals surface area (Å²) in [6.07, 6.45) is 0. The number of aromatic nitrogens is 4. The molecule has 2 heterocycles. The van der Waals surface area contributed by atoms with Crippen LogP contribution in [0.15, 0.2) is 48.5 Å². The zero-order valence-electron chi connectivity index (χ0n) is 14.0. The lowest BCUT2D eigenvalue weighted by Crippen LogP contribution is -3.14. The van der Waals surface area contributed by atoms with Crippen LogP contribution < -0.4 is 4.90 Å². The van der Waals surface area contributed by atoms with Gasteiger partial charge in [0.1, 0.15) is 13.1 Å². The number of morpholine rings is 1. The molecule has 2 aromatic carbocycles. The summed E-state index contributed by atoms with van der Waals surface area (Å²) in [5.41, 5.74) is 1.87. The van der Waals surface area contributed by atoms with Crippen molar-refractivity contribution >= 4 is 23.2 Å². The van der Waals surface area contributed by atoms with E-state index in [1.807, 2.05) is 48.5 Å². The third kappa shape index (κ3) is 3.46. The predicted molar refractivity (Wildman–Crippen MR) is 99.0 cm³/mol. The van der Waals surface area contributed by atoms with E-state index in [4.69, 9.17) is 27.9 Å². The van der Waals surface area contributed by atoms with Crippen LogP contribution in [-0.2, 0) is 4.74 Å². The Balaban J connectivity index is 1.81. The number of tetrazole rings is 1. The SMILES string of the molecule is Clc1ccc(-n2nnnc2[C@@H](c2ccccc2Cl)[NH+]2CCOCC2)cc1. The van der Waals surface area contributed by atoms with Gasteiger partial charge in [-0.3, -0.25) is 0 Å². The molecule has 6 nitrogen and oxygen atoms in total. The minimum atomic E-state index is -0.0849. The van der Waals surface area contributed by atoms with Crippen LogP contribution in [0.2, 0.25) is 10.0 Å². The number of ether oxygens (including phenoxy) is 1. The van der Waals surface area contributed by atoms with Crippen molar-refractivity contribution in [2.45, 2.75) is 6.04 Å². The Morgan fingerprint density at radius 2 is 1.73 bits per heavy atom. The van der Waals surface area contributed by atoms with Crippen molar-refractivity contribution in [3.05, 3.63) is 70.0 Å². The van der Waals surface area contributed by atoms with Crippen molar-refractivity contribution in [3.8, 4) is 5.69 Å². The van der Waals surface area contributed by atoms with Crippen molar-refractivity contribution in [1.29, 1.82) is 0 Å². The first-order valence-corrected chi connectivity index (χ1v) is 9.20. The molecule has 1 N–H and O–H groups in total. The molecule has 0 aliphatic carbocycles. The van der Waals surface area contributed by atoms with Crippen LogP contribution in [0, 0.1) is 0 Å². The van der Waals surface area contributed by atoms with E-state index in [0.29, 0.717) is 23.3 Å². The van der Waals surface area contributed by atoms with Crippen molar-refractivity contribution in [2.75, 3.05) is 26.3 Å². The number of nitrogens with zero attached hydrogens (tertiary/aromatic N) is 4. The Morgan fingerprint density at radius 1 is 1.00 bits per heavy atom. The van der Waals surface area contributed by atoms with Gasteiger partial charge in [-0.05, 0) is 40.8 Å². The fraction of sp³-hybridized carbons (Fsp3) is 0.278. The number of benzene rings is 2. The minimum absolute atomic E-state index is 0.0849. The molecule has 1 aliphatic heterocycles. The molecule has 0 unspecified atom stereocenters. The summed E-state index contributed by atoms with van der Waals surface area (Å²) in [5.74, 6) is 0.748. The predicted octanol–water partition coefficient (Wildman–Crippen LogP) is 1.97. The Bertz CT molecular complexity index is 877. The van der Waals surface area contributed by atoms with E-state index in [0.717, 1.165) is 30.2 Å². The molecule has 1 fully saturated rings. The maximum Gasteiger partial charge on any atom is 0.219 e. The molecular formula is C18H18Cl2N5O+. The second kappa shape index (κ2) is 7.72. The van der Waals surface area contributed by atoms with Gasteiger partial charge in [0.15, 0.2) is 6.04 Å². The molecule has 4 rings (SSSR count). The van der Waals surface area contributed by atoms with Crippen LogP contribution in [0.3, 0.4) is 0 Å². The molecule has 0 amide bonds. The number of nitrogens with one attached hydrogen (secondary N) is 1. The number of hydrogen-bond donors (Lipinski definition) is 1. The summed E-state index contributed by atoms with van der Waals surface area (Å²) in [7, 11) is 0. The van der Waals surface area contributed by atoms with Gasteiger partial charge in [-0.25, -0.2) is 0 Å². The highest BCUT2D eigenvalue weighted by atomic mass is 35.5. The average molecular weight is 391 g/mol. The maximum absolute atomic E-state index is 6.53. The highest BCUT2D eigenvalue weighted by Crippen LogP contribution is 2.26. The summed E-state index contributed by atoms with van der Waals surface area (Å²) in [5, 5.41) is 13.9. The Hall–Kier alpha value is -1.99. The molecule has 1 aliphatic rings. The maximum atomic E-state index is 6.53. The van der Waals surface area contributed by atoms with Gasteiger partial charge < -0.3 is 9.64 Å². The van der Waals surface area contributed by atoms with E-state index in [1.165, 1.54) is 4.90 Å². The summed E-state index contributed by atoms with van der Waals surface area (Å²) in [4.78, 5) is 1.33. The molecule has 1 aromatic heterocycles. The van der Waals surface area contributed by atoms with Crippen molar-refractivity contribution in [1.82, 2.24) is 20.2 Å². The highest BCUT2D eigenvalue weighted by Gasteiger charge is 2.34. The molecule has 3 aromatic rings. The van der Waals surface area contributed by atoms with E-state index in [-0.39, 0.29) is 6.04 Å². The fourth-order valence-corrected chi connectivity index (χ4v) is 3.68. The van der Waals surface area contributed by atoms with Gasteiger partial charge >= 0.3 is 0 Å². The topological polar surface area (TPSA) is 57.3 Å². The van der Waals surface area contributed by atoms with Crippen LogP contribution in [0.25, 0.3) is 5.69 Å². The minimum Gasteiger partial charge on any atom is -0.370 e. The standard InChI is InChI=1S/C18H17Cl2N5O/c19-13-5-7-14(8-6-13)25-18(21-22-23-25)17(24-9-11-26-12-10-24)15-3-1-2-4-16(15)20/h1-8,17H,9-12H2/p+1/t17-/m1/s1.